The molecule has 0 radical (unpaired) electrons. The van der Waals surface area contributed by atoms with Crippen molar-refractivity contribution < 1.29 is 14.3 Å². The third kappa shape index (κ3) is 2.94. The number of carbonyl (C=O) groups excluding carboxylic acids is 1. The van der Waals surface area contributed by atoms with Crippen molar-refractivity contribution in [3.63, 3.8) is 0 Å². The minimum atomic E-state index is -0.520. The molecule has 2 atom stereocenters. The molecule has 0 amide bonds. The predicted octanol–water partition coefficient (Wildman–Crippen LogP) is 2.95. The Morgan fingerprint density at radius 3 is 2.57 bits per heavy atom. The Balaban J connectivity index is 1.83. The number of ether oxygens (including phenoxy) is 2. The highest BCUT2D eigenvalue weighted by Gasteiger charge is 2.42. The Hall–Kier alpha value is -1.84. The maximum absolute atomic E-state index is 12.0. The first-order valence-corrected chi connectivity index (χ1v) is 7.67. The van der Waals surface area contributed by atoms with Crippen LogP contribution in [0.3, 0.4) is 0 Å². The third-order valence-electron chi connectivity index (χ3n) is 4.39. The van der Waals surface area contributed by atoms with Gasteiger partial charge in [-0.25, -0.2) is 9.79 Å². The van der Waals surface area contributed by atoms with E-state index in [1.165, 1.54) is 26.4 Å². The summed E-state index contributed by atoms with van der Waals surface area (Å²) < 4.78 is 11.0. The second-order valence-electron chi connectivity index (χ2n) is 5.75. The van der Waals surface area contributed by atoms with Crippen LogP contribution in [-0.4, -0.2) is 31.1 Å². The molecule has 1 heterocycles. The van der Waals surface area contributed by atoms with E-state index < -0.39 is 6.04 Å². The number of esters is 1. The molecule has 112 valence electrons. The van der Waals surface area contributed by atoms with E-state index in [0.29, 0.717) is 11.8 Å². The molecule has 0 bridgehead atoms. The van der Waals surface area contributed by atoms with Crippen molar-refractivity contribution in [2.24, 2.45) is 10.9 Å². The van der Waals surface area contributed by atoms with E-state index in [1.54, 1.807) is 0 Å². The summed E-state index contributed by atoms with van der Waals surface area (Å²) in [5.41, 5.74) is 0.921. The van der Waals surface area contributed by atoms with Crippen molar-refractivity contribution in [1.82, 2.24) is 0 Å². The van der Waals surface area contributed by atoms with Crippen LogP contribution in [0.25, 0.3) is 0 Å². The first kappa shape index (κ1) is 14.1. The SMILES string of the molecule is COC(=O)[C@@H]1N=C(c2ccccc2)O[C@@H]1C1CCCCC1. The minimum absolute atomic E-state index is 0.173. The van der Waals surface area contributed by atoms with Crippen molar-refractivity contribution >= 4 is 11.9 Å². The highest BCUT2D eigenvalue weighted by Crippen LogP contribution is 2.34. The highest BCUT2D eigenvalue weighted by atomic mass is 16.5. The zero-order valence-electron chi connectivity index (χ0n) is 12.3. The van der Waals surface area contributed by atoms with Crippen LogP contribution in [0.5, 0.6) is 0 Å². The van der Waals surface area contributed by atoms with Crippen molar-refractivity contribution in [3.05, 3.63) is 35.9 Å². The quantitative estimate of drug-likeness (QED) is 0.803. The molecule has 1 aliphatic heterocycles. The maximum Gasteiger partial charge on any atom is 0.334 e. The molecule has 0 N–H and O–H groups in total. The lowest BCUT2D eigenvalue weighted by molar-refractivity contribution is -0.144. The minimum Gasteiger partial charge on any atom is -0.471 e. The number of rotatable bonds is 3. The number of hydrogen-bond acceptors (Lipinski definition) is 4. The molecule has 0 saturated heterocycles. The Bertz CT molecular complexity index is 520. The third-order valence-corrected chi connectivity index (χ3v) is 4.39. The fraction of sp³-hybridized carbons (Fsp3) is 0.529. The summed E-state index contributed by atoms with van der Waals surface area (Å²) in [7, 11) is 1.41. The molecule has 0 aromatic heterocycles. The lowest BCUT2D eigenvalue weighted by atomic mass is 9.83. The first-order chi connectivity index (χ1) is 10.3. The van der Waals surface area contributed by atoms with Crippen molar-refractivity contribution in [1.29, 1.82) is 0 Å². The van der Waals surface area contributed by atoms with E-state index in [9.17, 15) is 4.79 Å². The van der Waals surface area contributed by atoms with E-state index in [4.69, 9.17) is 9.47 Å². The summed E-state index contributed by atoms with van der Waals surface area (Å²) in [5, 5.41) is 0. The standard InChI is InChI=1S/C17H21NO3/c1-20-17(19)14-15(12-8-4-2-5-9-12)21-16(18-14)13-10-6-3-7-11-13/h3,6-7,10-12,14-15H,2,4-5,8-9H2,1H3/t14-,15-/m1/s1. The molecule has 1 aliphatic carbocycles. The molecule has 1 aromatic rings. The fourth-order valence-corrected chi connectivity index (χ4v) is 3.27. The number of benzene rings is 1. The molecule has 1 fully saturated rings. The van der Waals surface area contributed by atoms with Crippen LogP contribution in [-0.2, 0) is 14.3 Å². The van der Waals surface area contributed by atoms with Crippen LogP contribution < -0.4 is 0 Å². The van der Waals surface area contributed by atoms with Gasteiger partial charge < -0.3 is 9.47 Å². The predicted molar refractivity (Wildman–Crippen MR) is 80.2 cm³/mol. The zero-order valence-corrected chi connectivity index (χ0v) is 12.3. The fourth-order valence-electron chi connectivity index (χ4n) is 3.27. The van der Waals surface area contributed by atoms with Gasteiger partial charge in [-0.2, -0.15) is 0 Å². The van der Waals surface area contributed by atoms with Gasteiger partial charge in [0.1, 0.15) is 6.10 Å². The van der Waals surface area contributed by atoms with Gasteiger partial charge in [0.25, 0.3) is 0 Å². The van der Waals surface area contributed by atoms with Gasteiger partial charge in [0.2, 0.25) is 5.90 Å². The van der Waals surface area contributed by atoms with Crippen LogP contribution in [0, 0.1) is 5.92 Å². The van der Waals surface area contributed by atoms with Crippen LogP contribution in [0.4, 0.5) is 0 Å². The van der Waals surface area contributed by atoms with E-state index in [2.05, 4.69) is 4.99 Å². The molecule has 2 aliphatic rings. The van der Waals surface area contributed by atoms with E-state index >= 15 is 0 Å². The average Bonchev–Trinajstić information content (AvgIpc) is 3.01. The van der Waals surface area contributed by atoms with Gasteiger partial charge in [0.05, 0.1) is 7.11 Å². The van der Waals surface area contributed by atoms with Crippen molar-refractivity contribution in [3.8, 4) is 0 Å². The molecule has 4 heteroatoms. The van der Waals surface area contributed by atoms with Gasteiger partial charge in [-0.15, -0.1) is 0 Å². The van der Waals surface area contributed by atoms with Gasteiger partial charge in [-0.3, -0.25) is 0 Å². The average molecular weight is 287 g/mol. The molecule has 21 heavy (non-hydrogen) atoms. The molecule has 4 nitrogen and oxygen atoms in total. The first-order valence-electron chi connectivity index (χ1n) is 7.67. The van der Waals surface area contributed by atoms with Gasteiger partial charge in [0.15, 0.2) is 6.04 Å². The Labute approximate surface area is 125 Å². The number of methoxy groups -OCH3 is 1. The van der Waals surface area contributed by atoms with Crippen molar-refractivity contribution in [2.75, 3.05) is 7.11 Å². The zero-order chi connectivity index (χ0) is 14.7. The summed E-state index contributed by atoms with van der Waals surface area (Å²) in [6.07, 6.45) is 5.73. The number of nitrogens with zero attached hydrogens (tertiary/aromatic N) is 1. The largest absolute Gasteiger partial charge is 0.471 e. The smallest absolute Gasteiger partial charge is 0.334 e. The van der Waals surface area contributed by atoms with Gasteiger partial charge >= 0.3 is 5.97 Å². The van der Waals surface area contributed by atoms with E-state index in [1.807, 2.05) is 30.3 Å². The number of hydrogen-bond donors (Lipinski definition) is 0. The summed E-state index contributed by atoms with van der Waals surface area (Å²) in [4.78, 5) is 16.5. The number of aliphatic imine (C=N–C) groups is 1. The van der Waals surface area contributed by atoms with Crippen LogP contribution >= 0.6 is 0 Å². The van der Waals surface area contributed by atoms with E-state index in [-0.39, 0.29) is 12.1 Å². The summed E-state index contributed by atoms with van der Waals surface area (Å²) in [6.45, 7) is 0. The number of carbonyl (C=O) groups is 1. The summed E-state index contributed by atoms with van der Waals surface area (Å²) >= 11 is 0. The maximum atomic E-state index is 12.0. The van der Waals surface area contributed by atoms with Crippen LogP contribution in [0.2, 0.25) is 0 Å². The molecule has 0 unspecified atom stereocenters. The summed E-state index contributed by atoms with van der Waals surface area (Å²) in [5.74, 6) is 0.672. The lowest BCUT2D eigenvalue weighted by Crippen LogP contribution is -2.38. The molecule has 1 saturated carbocycles. The van der Waals surface area contributed by atoms with Gasteiger partial charge in [0, 0.05) is 5.56 Å². The molecule has 1 aromatic carbocycles. The molecule has 3 rings (SSSR count). The Morgan fingerprint density at radius 2 is 1.90 bits per heavy atom. The molecule has 0 spiro atoms. The van der Waals surface area contributed by atoms with Crippen molar-refractivity contribution in [2.45, 2.75) is 44.2 Å². The van der Waals surface area contributed by atoms with Gasteiger partial charge in [-0.05, 0) is 30.9 Å². The van der Waals surface area contributed by atoms with Gasteiger partial charge in [-0.1, -0.05) is 37.5 Å². The Morgan fingerprint density at radius 1 is 1.19 bits per heavy atom. The monoisotopic (exact) mass is 287 g/mol. The molecular weight excluding hydrogens is 266 g/mol. The summed E-state index contributed by atoms with van der Waals surface area (Å²) in [6, 6.07) is 9.24. The topological polar surface area (TPSA) is 47.9 Å². The molecular formula is C17H21NO3. The Kier molecular flexibility index (Phi) is 4.23. The van der Waals surface area contributed by atoms with E-state index in [0.717, 1.165) is 18.4 Å². The second kappa shape index (κ2) is 6.29. The van der Waals surface area contributed by atoms with Crippen LogP contribution in [0.1, 0.15) is 37.7 Å². The highest BCUT2D eigenvalue weighted by molar-refractivity contribution is 5.98. The normalized spacial score (nSPS) is 26.0. The van der Waals surface area contributed by atoms with Crippen LogP contribution in [0.15, 0.2) is 35.3 Å². The second-order valence-corrected chi connectivity index (χ2v) is 5.75. The lowest BCUT2D eigenvalue weighted by Gasteiger charge is -2.29.